The summed E-state index contributed by atoms with van der Waals surface area (Å²) >= 11 is 0. The number of aromatic nitrogens is 2. The van der Waals surface area contributed by atoms with E-state index in [1.807, 2.05) is 0 Å². The van der Waals surface area contributed by atoms with Gasteiger partial charge in [0, 0.05) is 63.1 Å². The first-order chi connectivity index (χ1) is 22.7. The first kappa shape index (κ1) is 64.6. The van der Waals surface area contributed by atoms with Gasteiger partial charge in [-0.1, -0.05) is 24.3 Å². The first-order valence-corrected chi connectivity index (χ1v) is 18.2. The molecular weight excluding hydrogens is 886 g/mol. The Morgan fingerprint density at radius 2 is 0.685 bits per heavy atom. The van der Waals surface area contributed by atoms with Crippen molar-refractivity contribution in [3.05, 3.63) is 47.8 Å². The van der Waals surface area contributed by atoms with Crippen LogP contribution in [0.5, 0.6) is 0 Å². The Bertz CT molecular complexity index is 1200. The van der Waals surface area contributed by atoms with Crippen LogP contribution in [0.4, 0.5) is 0 Å². The fraction of sp³-hybridized carbons (Fsp3) is 0.455. The maximum absolute atomic E-state index is 8.49. The molecule has 0 bridgehead atoms. The summed E-state index contributed by atoms with van der Waals surface area (Å²) in [7, 11) is -19.8. The minimum atomic E-state index is -4.94. The molecule has 0 saturated heterocycles. The SMILES string of the molecule is NCCN(CCN)Cc1ccc2ccc3ccc(CN(CC[NH3+])CC[NH3+])nc3c2n1.O.O.O.[Cu+2].[O-][Cl+3]([O-])([O-])[O-].[O-][Cl+3]([O-])([O-])[O-].[O-][Cl+3]([O-])([O-])[O-].[O-][Cl+3]([O-])([O-])[O-]. The molecule has 0 aliphatic carbocycles. The number of benzene rings is 1. The second kappa shape index (κ2) is 31.8. The number of quaternary nitrogens is 2. The van der Waals surface area contributed by atoms with E-state index in [4.69, 9.17) is 96.0 Å². The molecule has 0 atom stereocenters. The van der Waals surface area contributed by atoms with Crippen molar-refractivity contribution in [1.29, 1.82) is 0 Å². The fourth-order valence-electron chi connectivity index (χ4n) is 3.84. The zero-order valence-electron chi connectivity index (χ0n) is 27.7. The third-order valence-electron chi connectivity index (χ3n) is 5.25. The van der Waals surface area contributed by atoms with Gasteiger partial charge in [-0.15, -0.1) is 41.0 Å². The van der Waals surface area contributed by atoms with Crippen molar-refractivity contribution in [2.45, 2.75) is 13.1 Å². The minimum absolute atomic E-state index is 0. The average molecular weight is 928 g/mol. The number of hydrogen-bond acceptors (Lipinski definition) is 22. The van der Waals surface area contributed by atoms with Crippen LogP contribution in [0.25, 0.3) is 21.8 Å². The standard InChI is InChI=1S/C22H34N8.4ClHO4.Cu.3H2O/c23-7-11-29(12-8-24)15-19-5-3-17-1-2-18-4-6-20(28-22(18)21(17)27-19)16-30(13-9-25)14-10-26;4*2-1(3,4)5;;;;/h1-6H,7-16,23-26H2;4*(H,2,3,4,5);;3*1H2/q;;;;;+2;;;/p-2. The molecule has 1 aromatic carbocycles. The fourth-order valence-corrected chi connectivity index (χ4v) is 3.84. The number of rotatable bonds is 12. The van der Waals surface area contributed by atoms with Crippen molar-refractivity contribution < 1.29 is 160 Å². The van der Waals surface area contributed by atoms with E-state index in [1.54, 1.807) is 0 Å². The van der Waals surface area contributed by atoms with Gasteiger partial charge in [-0.2, -0.15) is 0 Å². The van der Waals surface area contributed by atoms with Gasteiger partial charge in [-0.3, -0.25) is 9.80 Å². The maximum atomic E-state index is 8.49. The quantitative estimate of drug-likeness (QED) is 0.0967. The number of nitrogens with zero attached hydrogens (tertiary/aromatic N) is 4. The predicted octanol–water partition coefficient (Wildman–Crippen LogP) is -22.7. The van der Waals surface area contributed by atoms with Gasteiger partial charge < -0.3 is 39.4 Å². The third-order valence-corrected chi connectivity index (χ3v) is 5.25. The molecule has 27 nitrogen and oxygen atoms in total. The largest absolute Gasteiger partial charge is 2.00 e. The van der Waals surface area contributed by atoms with Gasteiger partial charge in [0.25, 0.3) is 0 Å². The summed E-state index contributed by atoms with van der Waals surface area (Å²) in [4.78, 5) is 14.6. The van der Waals surface area contributed by atoms with Crippen LogP contribution >= 0.6 is 0 Å². The van der Waals surface area contributed by atoms with Gasteiger partial charge in [0.2, 0.25) is 0 Å². The number of pyridine rings is 2. The molecule has 323 valence electrons. The monoisotopic (exact) mass is 925 g/mol. The first-order valence-electron chi connectivity index (χ1n) is 13.3. The second-order valence-corrected chi connectivity index (χ2v) is 12.2. The molecule has 1 radical (unpaired) electrons. The summed E-state index contributed by atoms with van der Waals surface area (Å²) in [6, 6.07) is 12.7. The molecule has 0 saturated carbocycles. The number of nitrogens with two attached hydrogens (primary N) is 2. The molecule has 0 unspecified atom stereocenters. The van der Waals surface area contributed by atoms with Crippen molar-refractivity contribution >= 4 is 21.8 Å². The summed E-state index contributed by atoms with van der Waals surface area (Å²) in [6.45, 7) is 8.03. The third kappa shape index (κ3) is 43.4. The van der Waals surface area contributed by atoms with Gasteiger partial charge >= 0.3 is 17.1 Å². The van der Waals surface area contributed by atoms with Crippen LogP contribution in [-0.4, -0.2) is 88.6 Å². The van der Waals surface area contributed by atoms with Crippen molar-refractivity contribution in [2.24, 2.45) is 11.5 Å². The topological polar surface area (TPSA) is 603 Å². The molecule has 2 heterocycles. The molecule has 2 aromatic heterocycles. The zero-order valence-corrected chi connectivity index (χ0v) is 31.7. The van der Waals surface area contributed by atoms with Crippen LogP contribution in [0, 0.1) is 41.0 Å². The van der Waals surface area contributed by atoms with E-state index in [9.17, 15) is 0 Å². The molecule has 0 fully saturated rings. The molecule has 0 aliphatic rings. The van der Waals surface area contributed by atoms with Crippen LogP contribution in [0.2, 0.25) is 0 Å². The second-order valence-electron chi connectivity index (χ2n) is 9.16. The van der Waals surface area contributed by atoms with Crippen molar-refractivity contribution in [2.75, 3.05) is 52.4 Å². The normalized spacial score (nSPS) is 11.1. The summed E-state index contributed by atoms with van der Waals surface area (Å²) < 4.78 is 136. The van der Waals surface area contributed by atoms with Gasteiger partial charge in [0.1, 0.15) is 0 Å². The number of fused-ring (bicyclic) bond motifs is 3. The van der Waals surface area contributed by atoms with Crippen LogP contribution < -0.4 is 97.5 Å². The molecule has 0 spiro atoms. The van der Waals surface area contributed by atoms with Crippen molar-refractivity contribution in [1.82, 2.24) is 19.8 Å². The Hall–Kier alpha value is -1.28. The summed E-state index contributed by atoms with van der Waals surface area (Å²) in [5.41, 5.74) is 23.5. The number of hydrogen-bond donors (Lipinski definition) is 4. The Balaban J connectivity index is -0.000000199. The molecule has 16 N–H and O–H groups in total. The zero-order chi connectivity index (χ0) is 39.3. The Labute approximate surface area is 325 Å². The van der Waals surface area contributed by atoms with Gasteiger partial charge in [-0.05, 0) is 12.1 Å². The van der Waals surface area contributed by atoms with E-state index < -0.39 is 41.0 Å². The average Bonchev–Trinajstić information content (AvgIpc) is 2.90. The smallest absolute Gasteiger partial charge is 0.412 e. The van der Waals surface area contributed by atoms with E-state index in [0.717, 1.165) is 85.6 Å². The molecule has 32 heteroatoms. The Morgan fingerprint density at radius 1 is 0.463 bits per heavy atom. The summed E-state index contributed by atoms with van der Waals surface area (Å²) in [5.74, 6) is 0. The molecule has 54 heavy (non-hydrogen) atoms. The van der Waals surface area contributed by atoms with E-state index >= 15 is 0 Å². The van der Waals surface area contributed by atoms with E-state index in [2.05, 4.69) is 57.7 Å². The van der Waals surface area contributed by atoms with Crippen LogP contribution in [0.15, 0.2) is 36.4 Å². The van der Waals surface area contributed by atoms with Gasteiger partial charge in [-0.25, -0.2) is 84.5 Å². The van der Waals surface area contributed by atoms with Crippen molar-refractivity contribution in [3.63, 3.8) is 0 Å². The Morgan fingerprint density at radius 3 is 0.907 bits per heavy atom. The minimum Gasteiger partial charge on any atom is -0.412 e. The van der Waals surface area contributed by atoms with E-state index in [1.165, 1.54) is 0 Å². The molecule has 0 amide bonds. The maximum Gasteiger partial charge on any atom is 2.00 e. The molecular formula is C22H42Cl4CuN8O19. The van der Waals surface area contributed by atoms with Crippen LogP contribution in [-0.2, 0) is 30.2 Å². The van der Waals surface area contributed by atoms with Crippen LogP contribution in [0.3, 0.4) is 0 Å². The molecule has 3 aromatic rings. The number of halogens is 4. The van der Waals surface area contributed by atoms with Gasteiger partial charge in [0.15, 0.2) is 0 Å². The van der Waals surface area contributed by atoms with E-state index in [-0.39, 0.29) is 33.5 Å². The van der Waals surface area contributed by atoms with Gasteiger partial charge in [0.05, 0.1) is 35.5 Å². The molecule has 0 aliphatic heterocycles. The Kier molecular flexibility index (Phi) is 38.0. The molecule has 3 rings (SSSR count). The van der Waals surface area contributed by atoms with Crippen molar-refractivity contribution in [3.8, 4) is 0 Å². The summed E-state index contributed by atoms with van der Waals surface area (Å²) in [6.07, 6.45) is 0. The van der Waals surface area contributed by atoms with Crippen LogP contribution in [0.1, 0.15) is 11.4 Å². The predicted molar refractivity (Wildman–Crippen MR) is 132 cm³/mol. The summed E-state index contributed by atoms with van der Waals surface area (Å²) in [5, 5.41) is 2.21. The van der Waals surface area contributed by atoms with E-state index in [0.29, 0.717) is 13.1 Å².